The summed E-state index contributed by atoms with van der Waals surface area (Å²) >= 11 is 5.95. The summed E-state index contributed by atoms with van der Waals surface area (Å²) in [6.07, 6.45) is 4.46. The number of halogens is 2. The second kappa shape index (κ2) is 7.16. The van der Waals surface area contributed by atoms with Crippen LogP contribution in [0.1, 0.15) is 40.5 Å². The standard InChI is InChI=1S/C21H19ClFN3O/c1-12-5-7-19-14(9-12)15-10-13(6-8-20(15)25-19)21(27)26-24-11-16-17(22)3-2-4-18(16)23/h2-4,6,8,10-12,25H,5,7,9H2,1H3,(H,26,27)/b24-11-. The number of amides is 1. The first kappa shape index (κ1) is 17.7. The van der Waals surface area contributed by atoms with Crippen molar-refractivity contribution in [1.29, 1.82) is 0 Å². The number of carbonyl (C=O) groups excluding carboxylic acids is 1. The van der Waals surface area contributed by atoms with Crippen LogP contribution in [0, 0.1) is 11.7 Å². The van der Waals surface area contributed by atoms with E-state index in [0.717, 1.165) is 23.7 Å². The highest BCUT2D eigenvalue weighted by atomic mass is 35.5. The maximum absolute atomic E-state index is 13.7. The molecule has 2 aromatic carbocycles. The maximum Gasteiger partial charge on any atom is 0.271 e. The minimum atomic E-state index is -0.491. The van der Waals surface area contributed by atoms with Gasteiger partial charge < -0.3 is 4.98 Å². The number of H-pyrrole nitrogens is 1. The van der Waals surface area contributed by atoms with Gasteiger partial charge in [-0.3, -0.25) is 4.79 Å². The van der Waals surface area contributed by atoms with Crippen molar-refractivity contribution in [3.63, 3.8) is 0 Å². The lowest BCUT2D eigenvalue weighted by atomic mass is 9.87. The molecule has 1 aliphatic rings. The van der Waals surface area contributed by atoms with Gasteiger partial charge in [-0.15, -0.1) is 0 Å². The average molecular weight is 384 g/mol. The Morgan fingerprint density at radius 2 is 2.22 bits per heavy atom. The van der Waals surface area contributed by atoms with E-state index in [2.05, 4.69) is 22.4 Å². The molecule has 1 unspecified atom stereocenters. The van der Waals surface area contributed by atoms with Crippen molar-refractivity contribution in [2.75, 3.05) is 0 Å². The molecule has 1 aromatic heterocycles. The monoisotopic (exact) mass is 383 g/mol. The van der Waals surface area contributed by atoms with Gasteiger partial charge in [0, 0.05) is 27.7 Å². The van der Waals surface area contributed by atoms with E-state index in [0.29, 0.717) is 11.5 Å². The Morgan fingerprint density at radius 3 is 3.04 bits per heavy atom. The van der Waals surface area contributed by atoms with Crippen LogP contribution in [0.5, 0.6) is 0 Å². The van der Waals surface area contributed by atoms with Gasteiger partial charge in [0.1, 0.15) is 5.82 Å². The summed E-state index contributed by atoms with van der Waals surface area (Å²) in [6, 6.07) is 9.95. The minimum Gasteiger partial charge on any atom is -0.358 e. The van der Waals surface area contributed by atoms with Gasteiger partial charge >= 0.3 is 0 Å². The van der Waals surface area contributed by atoms with Gasteiger partial charge in [0.15, 0.2) is 0 Å². The molecule has 1 amide bonds. The van der Waals surface area contributed by atoms with Crippen molar-refractivity contribution in [2.24, 2.45) is 11.0 Å². The number of hydrazone groups is 1. The van der Waals surface area contributed by atoms with Crippen molar-refractivity contribution in [2.45, 2.75) is 26.2 Å². The topological polar surface area (TPSA) is 57.2 Å². The highest BCUT2D eigenvalue weighted by Gasteiger charge is 2.20. The number of carbonyl (C=O) groups is 1. The lowest BCUT2D eigenvalue weighted by Crippen LogP contribution is -2.17. The van der Waals surface area contributed by atoms with E-state index < -0.39 is 5.82 Å². The molecule has 1 aliphatic carbocycles. The highest BCUT2D eigenvalue weighted by Crippen LogP contribution is 2.32. The van der Waals surface area contributed by atoms with Gasteiger partial charge in [-0.05, 0) is 61.1 Å². The van der Waals surface area contributed by atoms with Gasteiger partial charge in [-0.2, -0.15) is 5.10 Å². The number of rotatable bonds is 3. The van der Waals surface area contributed by atoms with E-state index in [9.17, 15) is 9.18 Å². The molecule has 1 atom stereocenters. The quantitative estimate of drug-likeness (QED) is 0.493. The molecular weight excluding hydrogens is 365 g/mol. The van der Waals surface area contributed by atoms with Crippen molar-refractivity contribution >= 4 is 34.6 Å². The number of aromatic amines is 1. The van der Waals surface area contributed by atoms with Gasteiger partial charge in [-0.25, -0.2) is 9.82 Å². The smallest absolute Gasteiger partial charge is 0.271 e. The number of nitrogens with zero attached hydrogens (tertiary/aromatic N) is 1. The molecule has 0 radical (unpaired) electrons. The zero-order chi connectivity index (χ0) is 19.0. The van der Waals surface area contributed by atoms with E-state index in [1.807, 2.05) is 12.1 Å². The van der Waals surface area contributed by atoms with Gasteiger partial charge in [0.05, 0.1) is 11.2 Å². The van der Waals surface area contributed by atoms with E-state index in [4.69, 9.17) is 11.6 Å². The van der Waals surface area contributed by atoms with E-state index >= 15 is 0 Å². The Labute approximate surface area is 161 Å². The molecule has 2 N–H and O–H groups in total. The van der Waals surface area contributed by atoms with Crippen LogP contribution in [0.2, 0.25) is 5.02 Å². The molecule has 6 heteroatoms. The van der Waals surface area contributed by atoms with Gasteiger partial charge in [0.2, 0.25) is 0 Å². The summed E-state index contributed by atoms with van der Waals surface area (Å²) < 4.78 is 13.7. The van der Waals surface area contributed by atoms with E-state index in [1.165, 1.54) is 36.0 Å². The van der Waals surface area contributed by atoms with Crippen LogP contribution in [-0.2, 0) is 12.8 Å². The lowest BCUT2D eigenvalue weighted by Gasteiger charge is -2.18. The Bertz CT molecular complexity index is 1040. The summed E-state index contributed by atoms with van der Waals surface area (Å²) in [4.78, 5) is 15.9. The second-order valence-corrected chi connectivity index (χ2v) is 7.43. The average Bonchev–Trinajstić information content (AvgIpc) is 3.01. The molecule has 0 bridgehead atoms. The number of hydrogen-bond donors (Lipinski definition) is 2. The summed E-state index contributed by atoms with van der Waals surface area (Å²) in [5.41, 5.74) is 6.72. The predicted octanol–water partition coefficient (Wildman–Crippen LogP) is 4.85. The van der Waals surface area contributed by atoms with Crippen molar-refractivity contribution in [1.82, 2.24) is 10.4 Å². The fourth-order valence-corrected chi connectivity index (χ4v) is 3.80. The Balaban J connectivity index is 1.56. The van der Waals surface area contributed by atoms with Crippen molar-refractivity contribution < 1.29 is 9.18 Å². The lowest BCUT2D eigenvalue weighted by molar-refractivity contribution is 0.0955. The first-order valence-corrected chi connectivity index (χ1v) is 9.31. The van der Waals surface area contributed by atoms with E-state index in [-0.39, 0.29) is 16.5 Å². The molecule has 0 aliphatic heterocycles. The molecule has 1 heterocycles. The molecule has 27 heavy (non-hydrogen) atoms. The summed E-state index contributed by atoms with van der Waals surface area (Å²) in [6.45, 7) is 2.25. The first-order valence-electron chi connectivity index (χ1n) is 8.94. The third kappa shape index (κ3) is 3.47. The molecule has 0 fully saturated rings. The van der Waals surface area contributed by atoms with Crippen LogP contribution in [-0.4, -0.2) is 17.1 Å². The Kier molecular flexibility index (Phi) is 4.70. The van der Waals surface area contributed by atoms with Gasteiger partial charge in [0.25, 0.3) is 5.91 Å². The van der Waals surface area contributed by atoms with Crippen molar-refractivity contribution in [3.8, 4) is 0 Å². The first-order chi connectivity index (χ1) is 13.0. The third-order valence-electron chi connectivity index (χ3n) is 5.06. The van der Waals surface area contributed by atoms with Crippen LogP contribution in [0.25, 0.3) is 10.9 Å². The van der Waals surface area contributed by atoms with Crippen LogP contribution in [0.4, 0.5) is 4.39 Å². The zero-order valence-electron chi connectivity index (χ0n) is 14.9. The molecule has 4 rings (SSSR count). The largest absolute Gasteiger partial charge is 0.358 e. The normalized spacial score (nSPS) is 16.6. The SMILES string of the molecule is CC1CCc2[nH]c3ccc(C(=O)N/N=C\c4c(F)cccc4Cl)cc3c2C1. The van der Waals surface area contributed by atoms with Crippen LogP contribution < -0.4 is 5.43 Å². The zero-order valence-corrected chi connectivity index (χ0v) is 15.6. The molecule has 4 nitrogen and oxygen atoms in total. The Morgan fingerprint density at radius 1 is 1.37 bits per heavy atom. The minimum absolute atomic E-state index is 0.142. The molecule has 138 valence electrons. The summed E-state index contributed by atoms with van der Waals surface area (Å²) in [5.74, 6) is -0.196. The number of benzene rings is 2. The number of fused-ring (bicyclic) bond motifs is 3. The maximum atomic E-state index is 13.7. The fourth-order valence-electron chi connectivity index (χ4n) is 3.59. The molecule has 0 saturated heterocycles. The molecule has 3 aromatic rings. The second-order valence-electron chi connectivity index (χ2n) is 7.02. The van der Waals surface area contributed by atoms with Crippen LogP contribution in [0.3, 0.4) is 0 Å². The number of hydrogen-bond acceptors (Lipinski definition) is 2. The van der Waals surface area contributed by atoms with Gasteiger partial charge in [-0.1, -0.05) is 24.6 Å². The van der Waals surface area contributed by atoms with E-state index in [1.54, 1.807) is 12.1 Å². The summed E-state index contributed by atoms with van der Waals surface area (Å²) in [7, 11) is 0. The number of aromatic nitrogens is 1. The Hall–Kier alpha value is -2.66. The molecule has 0 saturated carbocycles. The fraction of sp³-hybridized carbons (Fsp3) is 0.238. The van der Waals surface area contributed by atoms with Crippen molar-refractivity contribution in [3.05, 3.63) is 69.6 Å². The molecular formula is C21H19ClFN3O. The summed E-state index contributed by atoms with van der Waals surface area (Å²) in [5, 5.41) is 5.18. The number of aryl methyl sites for hydroxylation is 1. The predicted molar refractivity (Wildman–Crippen MR) is 106 cm³/mol. The highest BCUT2D eigenvalue weighted by molar-refractivity contribution is 6.33. The van der Waals surface area contributed by atoms with Crippen LogP contribution >= 0.6 is 11.6 Å². The molecule has 0 spiro atoms. The number of nitrogens with one attached hydrogen (secondary N) is 2. The van der Waals surface area contributed by atoms with Crippen LogP contribution in [0.15, 0.2) is 41.5 Å². The third-order valence-corrected chi connectivity index (χ3v) is 5.39.